The molecule has 0 atom stereocenters. The molecule has 0 aliphatic heterocycles. The fourth-order valence-electron chi connectivity index (χ4n) is 2.74. The van der Waals surface area contributed by atoms with Crippen molar-refractivity contribution >= 4 is 35.8 Å². The molecule has 0 radical (unpaired) electrons. The van der Waals surface area contributed by atoms with Crippen molar-refractivity contribution in [3.63, 3.8) is 0 Å². The van der Waals surface area contributed by atoms with Crippen molar-refractivity contribution in [2.75, 3.05) is 27.2 Å². The number of aliphatic imine (C=N–C) groups is 1. The maximum absolute atomic E-state index is 11.7. The first kappa shape index (κ1) is 25.7. The lowest BCUT2D eigenvalue weighted by molar-refractivity contribution is -0.130. The van der Waals surface area contributed by atoms with Crippen LogP contribution in [-0.4, -0.2) is 44.0 Å². The highest BCUT2D eigenvalue weighted by Crippen LogP contribution is 2.14. The zero-order valence-electron chi connectivity index (χ0n) is 18.5. The van der Waals surface area contributed by atoms with Crippen LogP contribution in [0.2, 0.25) is 0 Å². The Morgan fingerprint density at radius 2 is 1.87 bits per heavy atom. The van der Waals surface area contributed by atoms with Gasteiger partial charge in [0.2, 0.25) is 0 Å². The Morgan fingerprint density at radius 1 is 1.10 bits per heavy atom. The first-order chi connectivity index (χ1) is 13.9. The van der Waals surface area contributed by atoms with Crippen LogP contribution >= 0.6 is 24.0 Å². The molecule has 0 saturated heterocycles. The van der Waals surface area contributed by atoms with Crippen molar-refractivity contribution in [2.45, 2.75) is 33.9 Å². The minimum Gasteiger partial charge on any atom is -0.484 e. The number of hydrogen-bond acceptors (Lipinski definition) is 3. The van der Waals surface area contributed by atoms with Crippen molar-refractivity contribution < 1.29 is 9.53 Å². The van der Waals surface area contributed by atoms with Crippen LogP contribution in [0.25, 0.3) is 0 Å². The number of aryl methyl sites for hydroxylation is 2. The van der Waals surface area contributed by atoms with Crippen molar-refractivity contribution in [3.8, 4) is 5.75 Å². The molecule has 2 aromatic carbocycles. The van der Waals surface area contributed by atoms with E-state index < -0.39 is 0 Å². The highest BCUT2D eigenvalue weighted by Gasteiger charge is 2.06. The number of benzene rings is 2. The standard InChI is InChI=1S/C23H32N4O2.HI/c1-6-24-23(26-15-20-11-10-17(2)12-18(20)3)25-14-19-8-7-9-21(13-19)29-16-22(28)27(4)5;/h7-13H,6,14-16H2,1-5H3,(H2,24,25,26);1H. The molecule has 1 amide bonds. The van der Waals surface area contributed by atoms with E-state index in [-0.39, 0.29) is 36.5 Å². The van der Waals surface area contributed by atoms with Crippen LogP contribution in [0.3, 0.4) is 0 Å². The highest BCUT2D eigenvalue weighted by atomic mass is 127. The molecule has 0 saturated carbocycles. The van der Waals surface area contributed by atoms with Crippen molar-refractivity contribution in [1.82, 2.24) is 15.5 Å². The second-order valence-electron chi connectivity index (χ2n) is 7.20. The first-order valence-corrected chi connectivity index (χ1v) is 9.89. The smallest absolute Gasteiger partial charge is 0.259 e. The average molecular weight is 524 g/mol. The van der Waals surface area contributed by atoms with Crippen LogP contribution in [0.4, 0.5) is 0 Å². The molecule has 0 aliphatic carbocycles. The molecular weight excluding hydrogens is 491 g/mol. The number of guanidine groups is 1. The van der Waals surface area contributed by atoms with E-state index in [0.29, 0.717) is 18.8 Å². The number of carbonyl (C=O) groups is 1. The van der Waals surface area contributed by atoms with Gasteiger partial charge in [-0.2, -0.15) is 0 Å². The van der Waals surface area contributed by atoms with Gasteiger partial charge in [0.25, 0.3) is 5.91 Å². The number of hydrogen-bond donors (Lipinski definition) is 2. The van der Waals surface area contributed by atoms with Crippen LogP contribution in [-0.2, 0) is 17.9 Å². The van der Waals surface area contributed by atoms with Gasteiger partial charge >= 0.3 is 0 Å². The Morgan fingerprint density at radius 3 is 2.53 bits per heavy atom. The van der Waals surface area contributed by atoms with Crippen LogP contribution < -0.4 is 15.4 Å². The van der Waals surface area contributed by atoms with Gasteiger partial charge in [-0.15, -0.1) is 24.0 Å². The molecule has 0 aliphatic rings. The summed E-state index contributed by atoms with van der Waals surface area (Å²) in [7, 11) is 3.42. The van der Waals surface area contributed by atoms with Gasteiger partial charge in [0.15, 0.2) is 12.6 Å². The molecule has 0 spiro atoms. The number of rotatable bonds is 8. The highest BCUT2D eigenvalue weighted by molar-refractivity contribution is 14.0. The van der Waals surface area contributed by atoms with Gasteiger partial charge in [-0.25, -0.2) is 4.99 Å². The maximum atomic E-state index is 11.7. The topological polar surface area (TPSA) is 66.0 Å². The minimum atomic E-state index is -0.0709. The van der Waals surface area contributed by atoms with Gasteiger partial charge < -0.3 is 20.3 Å². The predicted octanol–water partition coefficient (Wildman–Crippen LogP) is 3.64. The summed E-state index contributed by atoms with van der Waals surface area (Å²) in [6.45, 7) is 8.32. The molecular formula is C23H33IN4O2. The van der Waals surface area contributed by atoms with E-state index in [9.17, 15) is 4.79 Å². The Labute approximate surface area is 197 Å². The lowest BCUT2D eigenvalue weighted by atomic mass is 10.1. The van der Waals surface area contributed by atoms with Gasteiger partial charge in [-0.05, 0) is 49.6 Å². The van der Waals surface area contributed by atoms with Gasteiger partial charge in [0.05, 0.1) is 6.54 Å². The third-order valence-electron chi connectivity index (χ3n) is 4.47. The number of halogens is 1. The van der Waals surface area contributed by atoms with Crippen LogP contribution in [0.1, 0.15) is 29.2 Å². The number of nitrogens with one attached hydrogen (secondary N) is 2. The Hall–Kier alpha value is -2.29. The largest absolute Gasteiger partial charge is 0.484 e. The molecule has 0 fully saturated rings. The summed E-state index contributed by atoms with van der Waals surface area (Å²) < 4.78 is 5.58. The fraction of sp³-hybridized carbons (Fsp3) is 0.391. The Bertz CT molecular complexity index is 853. The molecule has 164 valence electrons. The number of nitrogens with zero attached hydrogens (tertiary/aromatic N) is 2. The Balaban J connectivity index is 0.00000450. The fourth-order valence-corrected chi connectivity index (χ4v) is 2.74. The molecule has 2 rings (SSSR count). The summed E-state index contributed by atoms with van der Waals surface area (Å²) in [4.78, 5) is 17.9. The second kappa shape index (κ2) is 13.1. The summed E-state index contributed by atoms with van der Waals surface area (Å²) >= 11 is 0. The zero-order valence-corrected chi connectivity index (χ0v) is 20.8. The molecule has 0 bridgehead atoms. The third kappa shape index (κ3) is 8.61. The number of amides is 1. The summed E-state index contributed by atoms with van der Waals surface area (Å²) in [5.41, 5.74) is 4.80. The average Bonchev–Trinajstić information content (AvgIpc) is 2.69. The lowest BCUT2D eigenvalue weighted by Crippen LogP contribution is -2.36. The SMILES string of the molecule is CCNC(=NCc1cccc(OCC(=O)N(C)C)c1)NCc1ccc(C)cc1C.I. The molecule has 2 N–H and O–H groups in total. The van der Waals surface area contributed by atoms with E-state index in [1.807, 2.05) is 31.2 Å². The van der Waals surface area contributed by atoms with Crippen molar-refractivity contribution in [3.05, 3.63) is 64.7 Å². The van der Waals surface area contributed by atoms with Crippen molar-refractivity contribution in [2.24, 2.45) is 4.99 Å². The molecule has 6 nitrogen and oxygen atoms in total. The molecule has 2 aromatic rings. The van der Waals surface area contributed by atoms with Crippen LogP contribution in [0, 0.1) is 13.8 Å². The number of likely N-dealkylation sites (N-methyl/N-ethyl adjacent to an activating group) is 1. The second-order valence-corrected chi connectivity index (χ2v) is 7.20. The lowest BCUT2D eigenvalue weighted by Gasteiger charge is -2.14. The molecule has 30 heavy (non-hydrogen) atoms. The molecule has 0 unspecified atom stereocenters. The predicted molar refractivity (Wildman–Crippen MR) is 134 cm³/mol. The summed E-state index contributed by atoms with van der Waals surface area (Å²) in [5.74, 6) is 1.36. The third-order valence-corrected chi connectivity index (χ3v) is 4.47. The number of carbonyl (C=O) groups excluding carboxylic acids is 1. The van der Waals surface area contributed by atoms with E-state index >= 15 is 0 Å². The monoisotopic (exact) mass is 524 g/mol. The van der Waals surface area contributed by atoms with Crippen LogP contribution in [0.15, 0.2) is 47.5 Å². The van der Waals surface area contributed by atoms with Gasteiger partial charge in [0.1, 0.15) is 5.75 Å². The van der Waals surface area contributed by atoms with Crippen LogP contribution in [0.5, 0.6) is 5.75 Å². The molecule has 0 aromatic heterocycles. The van der Waals surface area contributed by atoms with Crippen molar-refractivity contribution in [1.29, 1.82) is 0 Å². The van der Waals surface area contributed by atoms with E-state index in [1.54, 1.807) is 14.1 Å². The molecule has 0 heterocycles. The van der Waals surface area contributed by atoms with E-state index in [4.69, 9.17) is 4.74 Å². The normalized spacial score (nSPS) is 10.8. The van der Waals surface area contributed by atoms with Gasteiger partial charge in [-0.1, -0.05) is 35.9 Å². The zero-order chi connectivity index (χ0) is 21.2. The van der Waals surface area contributed by atoms with E-state index in [0.717, 1.165) is 18.1 Å². The Kier molecular flexibility index (Phi) is 11.2. The summed E-state index contributed by atoms with van der Waals surface area (Å²) in [5, 5.41) is 6.67. The quantitative estimate of drug-likeness (QED) is 0.315. The van der Waals surface area contributed by atoms with Gasteiger partial charge in [0, 0.05) is 27.2 Å². The van der Waals surface area contributed by atoms with Gasteiger partial charge in [-0.3, -0.25) is 4.79 Å². The molecule has 7 heteroatoms. The minimum absolute atomic E-state index is 0. The number of ether oxygens (including phenoxy) is 1. The maximum Gasteiger partial charge on any atom is 0.259 e. The van der Waals surface area contributed by atoms with E-state index in [1.165, 1.54) is 21.6 Å². The summed E-state index contributed by atoms with van der Waals surface area (Å²) in [6, 6.07) is 14.1. The van der Waals surface area contributed by atoms with E-state index in [2.05, 4.69) is 47.7 Å². The summed E-state index contributed by atoms with van der Waals surface area (Å²) in [6.07, 6.45) is 0. The first-order valence-electron chi connectivity index (χ1n) is 9.89.